The van der Waals surface area contributed by atoms with E-state index in [2.05, 4.69) is 41.8 Å². The molecule has 8 nitrogen and oxygen atoms in total. The number of fused-ring (bicyclic) bond motifs is 4. The number of halogens is 2. The quantitative estimate of drug-likeness (QED) is 0.258. The van der Waals surface area contributed by atoms with E-state index in [1.165, 1.54) is 0 Å². The van der Waals surface area contributed by atoms with E-state index in [4.69, 9.17) is 24.4 Å². The molecule has 0 atom stereocenters. The summed E-state index contributed by atoms with van der Waals surface area (Å²) in [6.07, 6.45) is 6.56. The Morgan fingerprint density at radius 1 is 0.619 bits per heavy atom. The molecule has 42 heavy (non-hydrogen) atoms. The van der Waals surface area contributed by atoms with Crippen molar-refractivity contribution in [1.82, 2.24) is 9.97 Å². The van der Waals surface area contributed by atoms with Crippen LogP contribution >= 0.6 is 31.9 Å². The number of carbonyl (C=O) groups excluding carboxylic acids is 1. The average molecular weight is 695 g/mol. The van der Waals surface area contributed by atoms with Crippen LogP contribution in [0.2, 0.25) is 0 Å². The van der Waals surface area contributed by atoms with Crippen molar-refractivity contribution in [2.45, 2.75) is 25.7 Å². The van der Waals surface area contributed by atoms with Crippen molar-refractivity contribution in [2.75, 3.05) is 28.4 Å². The van der Waals surface area contributed by atoms with E-state index in [1.807, 2.05) is 30.3 Å². The first-order chi connectivity index (χ1) is 20.3. The predicted octanol–water partition coefficient (Wildman–Crippen LogP) is 6.57. The van der Waals surface area contributed by atoms with Gasteiger partial charge in [-0.3, -0.25) is 20.2 Å². The summed E-state index contributed by atoms with van der Waals surface area (Å²) >= 11 is 6.85. The number of benzene rings is 2. The molecular weight excluding hydrogens is 666 g/mol. The van der Waals surface area contributed by atoms with Crippen molar-refractivity contribution in [3.63, 3.8) is 0 Å². The van der Waals surface area contributed by atoms with E-state index in [0.29, 0.717) is 34.2 Å². The van der Waals surface area contributed by atoms with Gasteiger partial charge in [-0.15, -0.1) is 0 Å². The van der Waals surface area contributed by atoms with Gasteiger partial charge in [0.15, 0.2) is 0 Å². The molecule has 0 radical (unpaired) electrons. The van der Waals surface area contributed by atoms with E-state index in [0.717, 1.165) is 73.9 Å². The van der Waals surface area contributed by atoms with Crippen molar-refractivity contribution in [2.24, 2.45) is 0 Å². The van der Waals surface area contributed by atoms with Crippen LogP contribution in [0.4, 0.5) is 0 Å². The molecule has 4 aromatic rings. The number of ketones is 1. The Hall–Kier alpha value is -3.76. The van der Waals surface area contributed by atoms with E-state index in [-0.39, 0.29) is 5.78 Å². The predicted molar refractivity (Wildman–Crippen MR) is 167 cm³/mol. The van der Waals surface area contributed by atoms with Gasteiger partial charge in [0.2, 0.25) is 5.78 Å². The third-order valence-corrected chi connectivity index (χ3v) is 8.22. The van der Waals surface area contributed by atoms with Crippen molar-refractivity contribution in [3.05, 3.63) is 103 Å². The Morgan fingerprint density at radius 2 is 1.07 bits per heavy atom. The zero-order chi connectivity index (χ0) is 30.0. The smallest absolute Gasteiger partial charge is 0.215 e. The number of hydrogen-bond donors (Lipinski definition) is 1. The van der Waals surface area contributed by atoms with E-state index in [9.17, 15) is 4.79 Å². The molecule has 0 saturated heterocycles. The fourth-order valence-corrected chi connectivity index (χ4v) is 6.09. The summed E-state index contributed by atoms with van der Waals surface area (Å²) in [4.78, 5) is 21.5. The highest BCUT2D eigenvalue weighted by Crippen LogP contribution is 2.36. The van der Waals surface area contributed by atoms with Crippen molar-refractivity contribution >= 4 is 43.4 Å². The normalized spacial score (nSPS) is 13.2. The number of hydrogen-bond acceptors (Lipinski definition) is 8. The third kappa shape index (κ3) is 5.78. The Morgan fingerprint density at radius 3 is 1.60 bits per heavy atom. The number of pyridine rings is 2. The summed E-state index contributed by atoms with van der Waals surface area (Å²) in [6, 6.07) is 11.4. The molecule has 2 aromatic heterocycles. The van der Waals surface area contributed by atoms with Crippen LogP contribution in [0.3, 0.4) is 0 Å². The van der Waals surface area contributed by atoms with Crippen LogP contribution < -0.4 is 18.9 Å². The van der Waals surface area contributed by atoms with Crippen LogP contribution in [0.25, 0.3) is 0 Å². The summed E-state index contributed by atoms with van der Waals surface area (Å²) in [5, 5.41) is 8.54. The molecule has 0 amide bonds. The summed E-state index contributed by atoms with van der Waals surface area (Å²) < 4.78 is 23.3. The number of rotatable bonds is 4. The lowest BCUT2D eigenvalue weighted by Crippen LogP contribution is -2.09. The first kappa shape index (κ1) is 29.7. The highest BCUT2D eigenvalue weighted by atomic mass is 79.9. The summed E-state index contributed by atoms with van der Waals surface area (Å²) in [5.74, 6) is 2.54. The molecule has 0 fully saturated rings. The molecule has 0 aliphatic heterocycles. The molecule has 0 saturated carbocycles. The van der Waals surface area contributed by atoms with Gasteiger partial charge in [-0.2, -0.15) is 0 Å². The fraction of sp³-hybridized carbons (Fsp3) is 0.250. The number of carbonyl (C=O) groups is 1. The molecule has 1 N–H and O–H groups in total. The molecule has 2 aliphatic carbocycles. The maximum Gasteiger partial charge on any atom is 0.215 e. The molecule has 216 valence electrons. The SMILES string of the molecule is COc1cc2c(c(OC)c1)C(=N)c1ncc(Br)cc1CC2.COc1cc2c(c(OC)c1)C(=O)c1ncc(Br)cc1CC2. The van der Waals surface area contributed by atoms with Gasteiger partial charge in [0.1, 0.15) is 28.7 Å². The third-order valence-electron chi connectivity index (χ3n) is 7.35. The van der Waals surface area contributed by atoms with E-state index >= 15 is 0 Å². The second-order valence-electron chi connectivity index (χ2n) is 9.75. The molecule has 2 aromatic carbocycles. The Bertz CT molecular complexity index is 1580. The fourth-order valence-electron chi connectivity index (χ4n) is 5.33. The van der Waals surface area contributed by atoms with Gasteiger partial charge in [0, 0.05) is 39.0 Å². The molecule has 0 spiro atoms. The molecule has 2 heterocycles. The zero-order valence-electron chi connectivity index (χ0n) is 23.6. The lowest BCUT2D eigenvalue weighted by molar-refractivity contribution is 0.103. The van der Waals surface area contributed by atoms with Gasteiger partial charge >= 0.3 is 0 Å². The van der Waals surface area contributed by atoms with Crippen LogP contribution in [0.1, 0.15) is 49.6 Å². The Balaban J connectivity index is 0.000000168. The van der Waals surface area contributed by atoms with Crippen molar-refractivity contribution < 1.29 is 23.7 Å². The minimum absolute atomic E-state index is 0.0931. The number of ether oxygens (including phenoxy) is 4. The summed E-state index contributed by atoms with van der Waals surface area (Å²) in [7, 11) is 6.41. The minimum atomic E-state index is -0.0931. The lowest BCUT2D eigenvalue weighted by Gasteiger charge is -2.14. The van der Waals surface area contributed by atoms with Gasteiger partial charge in [-0.25, -0.2) is 0 Å². The van der Waals surface area contributed by atoms with Gasteiger partial charge in [0.25, 0.3) is 0 Å². The van der Waals surface area contributed by atoms with Crippen molar-refractivity contribution in [1.29, 1.82) is 5.41 Å². The Labute approximate surface area is 261 Å². The standard InChI is InChI=1S/C16H15BrN2O2.C16H14BrNO3/c1-20-12-6-9-3-4-10-5-11(17)8-19-16(10)15(18)14(9)13(7-12)21-2;1-20-12-6-9-3-4-10-5-11(17)8-18-15(10)16(19)14(9)13(7-12)21-2/h5-8,18H,3-4H2,1-2H3;5-8H,3-4H2,1-2H3. The summed E-state index contributed by atoms with van der Waals surface area (Å²) in [6.45, 7) is 0. The second kappa shape index (κ2) is 12.6. The first-order valence-corrected chi connectivity index (χ1v) is 14.8. The maximum atomic E-state index is 12.8. The van der Waals surface area contributed by atoms with Crippen LogP contribution in [0, 0.1) is 5.41 Å². The number of aryl methyl sites for hydroxylation is 4. The number of nitrogens with one attached hydrogen (secondary N) is 1. The average Bonchev–Trinajstić information content (AvgIpc) is 3.23. The van der Waals surface area contributed by atoms with Crippen molar-refractivity contribution in [3.8, 4) is 23.0 Å². The van der Waals surface area contributed by atoms with Crippen LogP contribution in [-0.2, 0) is 25.7 Å². The second-order valence-corrected chi connectivity index (χ2v) is 11.6. The molecular formula is C32H29Br2N3O5. The largest absolute Gasteiger partial charge is 0.497 e. The molecule has 0 bridgehead atoms. The molecule has 6 rings (SSSR count). The monoisotopic (exact) mass is 693 g/mol. The Kier molecular flexibility index (Phi) is 8.93. The molecule has 0 unspecified atom stereocenters. The highest BCUT2D eigenvalue weighted by Gasteiger charge is 2.27. The molecule has 10 heteroatoms. The van der Waals surface area contributed by atoms with E-state index in [1.54, 1.807) is 46.9 Å². The number of nitrogens with zero attached hydrogens (tertiary/aromatic N) is 2. The lowest BCUT2D eigenvalue weighted by atomic mass is 9.99. The number of aromatic nitrogens is 2. The minimum Gasteiger partial charge on any atom is -0.497 e. The van der Waals surface area contributed by atoms with Gasteiger partial charge in [0.05, 0.1) is 45.4 Å². The topological polar surface area (TPSA) is 104 Å². The van der Waals surface area contributed by atoms with E-state index < -0.39 is 0 Å². The van der Waals surface area contributed by atoms with Gasteiger partial charge in [-0.1, -0.05) is 0 Å². The van der Waals surface area contributed by atoms with Crippen LogP contribution in [0.5, 0.6) is 23.0 Å². The van der Waals surface area contributed by atoms with Crippen LogP contribution in [0.15, 0.2) is 57.7 Å². The van der Waals surface area contributed by atoms with Gasteiger partial charge in [-0.05, 0) is 104 Å². The zero-order valence-corrected chi connectivity index (χ0v) is 26.8. The van der Waals surface area contributed by atoms with Gasteiger partial charge < -0.3 is 18.9 Å². The first-order valence-electron chi connectivity index (χ1n) is 13.2. The highest BCUT2D eigenvalue weighted by molar-refractivity contribution is 9.10. The maximum absolute atomic E-state index is 12.8. The molecule has 2 aliphatic rings. The summed E-state index contributed by atoms with van der Waals surface area (Å²) in [5.41, 5.74) is 7.05. The number of methoxy groups -OCH3 is 4. The van der Waals surface area contributed by atoms with Crippen LogP contribution in [-0.4, -0.2) is 49.9 Å².